The van der Waals surface area contributed by atoms with E-state index in [1.807, 2.05) is 46.8 Å². The molecule has 0 spiro atoms. The first-order valence-corrected chi connectivity index (χ1v) is 10.8. The van der Waals surface area contributed by atoms with Gasteiger partial charge < -0.3 is 4.74 Å². The highest BCUT2D eigenvalue weighted by Gasteiger charge is 2.50. The van der Waals surface area contributed by atoms with Crippen LogP contribution in [0.2, 0.25) is 0 Å². The smallest absolute Gasteiger partial charge is 0.246 e. The molecule has 3 rings (SSSR count). The lowest BCUT2D eigenvalue weighted by Crippen LogP contribution is -2.48. The Kier molecular flexibility index (Phi) is 5.30. The van der Waals surface area contributed by atoms with Crippen molar-refractivity contribution in [2.45, 2.75) is 71.0 Å². The third kappa shape index (κ3) is 3.23. The van der Waals surface area contributed by atoms with E-state index in [0.29, 0.717) is 24.3 Å². The highest BCUT2D eigenvalue weighted by molar-refractivity contribution is 7.89. The van der Waals surface area contributed by atoms with E-state index in [4.69, 9.17) is 4.74 Å². The SMILES string of the molecule is Cc1cc(C)c(S(=O)(=O)N2[C@@H](C(C)C)CO[C@H]2[C@H]2CCCC2=O)c(C)c1. The van der Waals surface area contributed by atoms with Crippen LogP contribution in [0.5, 0.6) is 0 Å². The van der Waals surface area contributed by atoms with Crippen LogP contribution in [0.15, 0.2) is 17.0 Å². The van der Waals surface area contributed by atoms with Crippen molar-refractivity contribution in [1.29, 1.82) is 0 Å². The molecule has 5 nitrogen and oxygen atoms in total. The van der Waals surface area contributed by atoms with Crippen LogP contribution in [0.25, 0.3) is 0 Å². The second kappa shape index (κ2) is 7.06. The molecule has 0 unspecified atom stereocenters. The standard InChI is InChI=1S/C20H29NO4S/c1-12(2)17-11-25-20(16-7-6-8-18(16)22)21(17)26(23,24)19-14(4)9-13(3)10-15(19)5/h9-10,12,16-17,20H,6-8,11H2,1-5H3/t16-,17+,20-/m0/s1. The van der Waals surface area contributed by atoms with Gasteiger partial charge in [-0.3, -0.25) is 4.79 Å². The molecule has 26 heavy (non-hydrogen) atoms. The number of hydrogen-bond donors (Lipinski definition) is 0. The molecule has 0 bridgehead atoms. The lowest BCUT2D eigenvalue weighted by atomic mass is 10.0. The van der Waals surface area contributed by atoms with E-state index in [1.165, 1.54) is 4.31 Å². The fraction of sp³-hybridized carbons (Fsp3) is 0.650. The van der Waals surface area contributed by atoms with Gasteiger partial charge in [0.2, 0.25) is 10.0 Å². The van der Waals surface area contributed by atoms with Gasteiger partial charge in [-0.15, -0.1) is 0 Å². The summed E-state index contributed by atoms with van der Waals surface area (Å²) < 4.78 is 34.9. The number of ether oxygens (including phenoxy) is 1. The van der Waals surface area contributed by atoms with Crippen LogP contribution in [0.3, 0.4) is 0 Å². The van der Waals surface area contributed by atoms with Crippen molar-refractivity contribution in [1.82, 2.24) is 4.31 Å². The van der Waals surface area contributed by atoms with E-state index in [0.717, 1.165) is 23.1 Å². The molecule has 0 N–H and O–H groups in total. The van der Waals surface area contributed by atoms with Gasteiger partial charge in [-0.25, -0.2) is 8.42 Å². The number of ketones is 1. The summed E-state index contributed by atoms with van der Waals surface area (Å²) in [6.07, 6.45) is 1.36. The quantitative estimate of drug-likeness (QED) is 0.805. The first kappa shape index (κ1) is 19.5. The highest BCUT2D eigenvalue weighted by Crippen LogP contribution is 2.39. The van der Waals surface area contributed by atoms with Crippen molar-refractivity contribution in [2.24, 2.45) is 11.8 Å². The molecule has 1 aromatic rings. The van der Waals surface area contributed by atoms with Gasteiger partial charge in [0.1, 0.15) is 12.0 Å². The number of hydrogen-bond acceptors (Lipinski definition) is 4. The Bertz CT molecular complexity index is 792. The van der Waals surface area contributed by atoms with Crippen LogP contribution < -0.4 is 0 Å². The van der Waals surface area contributed by atoms with Gasteiger partial charge in [-0.2, -0.15) is 4.31 Å². The Hall–Kier alpha value is -1.24. The predicted molar refractivity (Wildman–Crippen MR) is 100 cm³/mol. The summed E-state index contributed by atoms with van der Waals surface area (Å²) in [4.78, 5) is 12.7. The Morgan fingerprint density at radius 3 is 2.27 bits per heavy atom. The zero-order valence-electron chi connectivity index (χ0n) is 16.3. The van der Waals surface area contributed by atoms with Gasteiger partial charge in [0, 0.05) is 6.42 Å². The monoisotopic (exact) mass is 379 g/mol. The van der Waals surface area contributed by atoms with Crippen molar-refractivity contribution in [3.8, 4) is 0 Å². The molecule has 6 heteroatoms. The Labute approximate surface area is 156 Å². The molecule has 1 heterocycles. The Balaban J connectivity index is 2.10. The summed E-state index contributed by atoms with van der Waals surface area (Å²) in [6.45, 7) is 9.99. The topological polar surface area (TPSA) is 63.7 Å². The Morgan fingerprint density at radius 1 is 1.15 bits per heavy atom. The summed E-state index contributed by atoms with van der Waals surface area (Å²) in [7, 11) is -3.76. The fourth-order valence-corrected chi connectivity index (χ4v) is 6.74. The fourth-order valence-electron chi connectivity index (χ4n) is 4.45. The summed E-state index contributed by atoms with van der Waals surface area (Å²) in [6, 6.07) is 3.55. The van der Waals surface area contributed by atoms with Crippen LogP contribution in [0.4, 0.5) is 0 Å². The molecule has 144 valence electrons. The minimum atomic E-state index is -3.76. The van der Waals surface area contributed by atoms with Crippen molar-refractivity contribution < 1.29 is 17.9 Å². The normalized spacial score (nSPS) is 27.6. The van der Waals surface area contributed by atoms with E-state index < -0.39 is 16.3 Å². The second-order valence-corrected chi connectivity index (χ2v) is 9.84. The summed E-state index contributed by atoms with van der Waals surface area (Å²) >= 11 is 0. The molecule has 1 aliphatic carbocycles. The van der Waals surface area contributed by atoms with Gasteiger partial charge in [0.05, 0.1) is 23.5 Å². The molecular weight excluding hydrogens is 350 g/mol. The number of sulfonamides is 1. The van der Waals surface area contributed by atoms with E-state index in [-0.39, 0.29) is 23.7 Å². The maximum Gasteiger partial charge on any atom is 0.246 e. The second-order valence-electron chi connectivity index (χ2n) is 8.06. The average molecular weight is 380 g/mol. The van der Waals surface area contributed by atoms with Crippen molar-refractivity contribution >= 4 is 15.8 Å². The highest BCUT2D eigenvalue weighted by atomic mass is 32.2. The molecule has 1 saturated carbocycles. The third-order valence-corrected chi connectivity index (χ3v) is 7.81. The predicted octanol–water partition coefficient (Wildman–Crippen LogP) is 3.35. The number of carbonyl (C=O) groups is 1. The Morgan fingerprint density at radius 2 is 1.77 bits per heavy atom. The molecule has 1 aromatic carbocycles. The summed E-state index contributed by atoms with van der Waals surface area (Å²) in [5.41, 5.74) is 2.53. The van der Waals surface area contributed by atoms with Crippen LogP contribution >= 0.6 is 0 Å². The molecule has 3 atom stereocenters. The van der Waals surface area contributed by atoms with Gasteiger partial charge in [0.15, 0.2) is 0 Å². The number of rotatable bonds is 4. The number of carbonyl (C=O) groups excluding carboxylic acids is 1. The number of Topliss-reactive ketones (excluding diaryl/α,β-unsaturated/α-hetero) is 1. The minimum Gasteiger partial charge on any atom is -0.360 e. The molecule has 1 aliphatic heterocycles. The summed E-state index contributed by atoms with van der Waals surface area (Å²) in [5, 5.41) is 0. The average Bonchev–Trinajstić information content (AvgIpc) is 3.11. The number of nitrogens with zero attached hydrogens (tertiary/aromatic N) is 1. The van der Waals surface area contributed by atoms with Crippen LogP contribution in [0.1, 0.15) is 49.8 Å². The molecular formula is C20H29NO4S. The zero-order valence-corrected chi connectivity index (χ0v) is 17.1. The van der Waals surface area contributed by atoms with Gasteiger partial charge in [-0.05, 0) is 50.7 Å². The molecule has 1 saturated heterocycles. The van der Waals surface area contributed by atoms with Crippen LogP contribution in [-0.4, -0.2) is 37.4 Å². The molecule has 0 aromatic heterocycles. The maximum atomic E-state index is 13.7. The van der Waals surface area contributed by atoms with E-state index in [1.54, 1.807) is 0 Å². The molecule has 2 aliphatic rings. The van der Waals surface area contributed by atoms with Crippen molar-refractivity contribution in [3.05, 3.63) is 28.8 Å². The lowest BCUT2D eigenvalue weighted by Gasteiger charge is -2.32. The lowest BCUT2D eigenvalue weighted by molar-refractivity contribution is -0.125. The summed E-state index contributed by atoms with van der Waals surface area (Å²) in [5.74, 6) is -0.117. The molecule has 0 amide bonds. The first-order chi connectivity index (χ1) is 12.1. The van der Waals surface area contributed by atoms with E-state index in [2.05, 4.69) is 0 Å². The van der Waals surface area contributed by atoms with E-state index >= 15 is 0 Å². The zero-order chi connectivity index (χ0) is 19.2. The van der Waals surface area contributed by atoms with Crippen LogP contribution in [-0.2, 0) is 19.6 Å². The first-order valence-electron chi connectivity index (χ1n) is 9.40. The largest absolute Gasteiger partial charge is 0.360 e. The van der Waals surface area contributed by atoms with Gasteiger partial charge >= 0.3 is 0 Å². The maximum absolute atomic E-state index is 13.7. The van der Waals surface area contributed by atoms with E-state index in [9.17, 15) is 13.2 Å². The number of aryl methyl sites for hydroxylation is 3. The minimum absolute atomic E-state index is 0.109. The van der Waals surface area contributed by atoms with Gasteiger partial charge in [0.25, 0.3) is 0 Å². The van der Waals surface area contributed by atoms with Gasteiger partial charge in [-0.1, -0.05) is 31.5 Å². The number of benzene rings is 1. The van der Waals surface area contributed by atoms with Crippen molar-refractivity contribution in [3.63, 3.8) is 0 Å². The molecule has 2 fully saturated rings. The molecule has 0 radical (unpaired) electrons. The van der Waals surface area contributed by atoms with Crippen LogP contribution in [0, 0.1) is 32.6 Å². The third-order valence-electron chi connectivity index (χ3n) is 5.62. The van der Waals surface area contributed by atoms with Crippen molar-refractivity contribution in [2.75, 3.05) is 6.61 Å².